The second kappa shape index (κ2) is 42.1. The molecule has 2 amide bonds. The molecule has 0 radical (unpaired) electrons. The van der Waals surface area contributed by atoms with Crippen molar-refractivity contribution in [3.63, 3.8) is 0 Å². The van der Waals surface area contributed by atoms with Crippen molar-refractivity contribution in [2.45, 2.75) is 192 Å². The molecule has 11 heteroatoms. The molecule has 2 aromatic carbocycles. The SMILES string of the molecule is C#CCCCCCCCCCCCC(O)CC(O)COC(C)=O.C=CCCCCCCCCCCCC(O)CC(O)COC(C)=O.O=C(Nc1ccccc1)Nc1ccccc1. The highest BCUT2D eigenvalue weighted by Gasteiger charge is 2.14. The summed E-state index contributed by atoms with van der Waals surface area (Å²) in [7, 11) is 0. The van der Waals surface area contributed by atoms with Crippen LogP contribution in [0.25, 0.3) is 0 Å². The van der Waals surface area contributed by atoms with Crippen molar-refractivity contribution in [3.8, 4) is 12.3 Å². The molecule has 0 bridgehead atoms. The summed E-state index contributed by atoms with van der Waals surface area (Å²) < 4.78 is 9.42. The van der Waals surface area contributed by atoms with Crippen LogP contribution in [0.2, 0.25) is 0 Å². The van der Waals surface area contributed by atoms with Gasteiger partial charge in [-0.1, -0.05) is 145 Å². The number of nitrogens with one attached hydrogen (secondary N) is 2. The molecule has 6 N–H and O–H groups in total. The largest absolute Gasteiger partial charge is 0.463 e. The molecule has 0 heterocycles. The lowest BCUT2D eigenvalue weighted by Gasteiger charge is -2.15. The molecule has 0 saturated carbocycles. The Hall–Kier alpha value is -4.21. The van der Waals surface area contributed by atoms with Gasteiger partial charge >= 0.3 is 18.0 Å². The summed E-state index contributed by atoms with van der Waals surface area (Å²) in [4.78, 5) is 32.8. The summed E-state index contributed by atoms with van der Waals surface area (Å²) in [6, 6.07) is 18.4. The Balaban J connectivity index is 0.000000914. The van der Waals surface area contributed by atoms with Crippen LogP contribution in [-0.4, -0.2) is 76.0 Å². The van der Waals surface area contributed by atoms with Gasteiger partial charge in [-0.05, 0) is 56.4 Å². The van der Waals surface area contributed by atoms with E-state index >= 15 is 0 Å². The Kier molecular flexibility index (Phi) is 39.2. The van der Waals surface area contributed by atoms with E-state index in [0.717, 1.165) is 56.3 Å². The molecule has 4 atom stereocenters. The van der Waals surface area contributed by atoms with E-state index in [0.29, 0.717) is 12.8 Å². The molecule has 0 aromatic heterocycles. The summed E-state index contributed by atoms with van der Waals surface area (Å²) in [6.07, 6.45) is 30.5. The molecule has 0 spiro atoms. The molecule has 4 unspecified atom stereocenters. The normalized spacial score (nSPS) is 12.4. The molecular weight excluding hydrogens is 785 g/mol. The van der Waals surface area contributed by atoms with Crippen LogP contribution in [0.15, 0.2) is 73.3 Å². The number of aliphatic hydroxyl groups excluding tert-OH is 4. The molecule has 2 rings (SSSR count). The number of benzene rings is 2. The van der Waals surface area contributed by atoms with Crippen LogP contribution in [0.5, 0.6) is 0 Å². The minimum absolute atomic E-state index is 0.0286. The van der Waals surface area contributed by atoms with Gasteiger partial charge in [-0.2, -0.15) is 0 Å². The van der Waals surface area contributed by atoms with Gasteiger partial charge in [-0.3, -0.25) is 9.59 Å². The van der Waals surface area contributed by atoms with Crippen molar-refractivity contribution >= 4 is 29.3 Å². The Bertz CT molecular complexity index is 1360. The number of amides is 2. The number of unbranched alkanes of at least 4 members (excludes halogenated alkanes) is 18. The summed E-state index contributed by atoms with van der Waals surface area (Å²) in [5, 5.41) is 44.3. The standard InChI is InChI=1S/C19H36O4.C19H34O4.C13H12N2O/c2*1-3-4-5-6-7-8-9-10-11-12-13-14-18(21)15-19(22)16-23-17(2)20;16-13(14-11-7-3-1-4-8-11)15-12-9-5-2-6-10-12/h3,18-19,21-22H,1,4-16H2,2H3;1,18-19,21-22H,4-16H2,2H3;1-10H,(H2,14,15,16). The second-order valence-electron chi connectivity index (χ2n) is 16.0. The number of rotatable bonds is 33. The molecule has 62 heavy (non-hydrogen) atoms. The van der Waals surface area contributed by atoms with E-state index in [4.69, 9.17) is 15.9 Å². The van der Waals surface area contributed by atoms with Crippen molar-refractivity contribution in [2.75, 3.05) is 23.8 Å². The fraction of sp³-hybridized carbons (Fsp3) is 0.627. The van der Waals surface area contributed by atoms with Crippen molar-refractivity contribution < 1.29 is 44.3 Å². The number of anilines is 2. The van der Waals surface area contributed by atoms with Crippen LogP contribution in [0.4, 0.5) is 16.2 Å². The topological polar surface area (TPSA) is 175 Å². The molecule has 11 nitrogen and oxygen atoms in total. The van der Waals surface area contributed by atoms with Gasteiger partial charge in [0.05, 0.1) is 24.4 Å². The van der Waals surface area contributed by atoms with Gasteiger partial charge in [-0.15, -0.1) is 18.9 Å². The predicted molar refractivity (Wildman–Crippen MR) is 253 cm³/mol. The zero-order valence-electron chi connectivity index (χ0n) is 38.2. The average Bonchev–Trinajstić information content (AvgIpc) is 3.24. The fourth-order valence-corrected chi connectivity index (χ4v) is 6.51. The first-order valence-corrected chi connectivity index (χ1v) is 23.2. The molecular formula is C51H82N2O9. The number of hydrogen-bond donors (Lipinski definition) is 6. The first-order valence-electron chi connectivity index (χ1n) is 23.2. The van der Waals surface area contributed by atoms with Crippen LogP contribution >= 0.6 is 0 Å². The number of allylic oxidation sites excluding steroid dienone is 1. The van der Waals surface area contributed by atoms with Crippen LogP contribution in [-0.2, 0) is 19.1 Å². The molecule has 0 saturated heterocycles. The smallest absolute Gasteiger partial charge is 0.323 e. The van der Waals surface area contributed by atoms with E-state index in [-0.39, 0.29) is 32.1 Å². The molecule has 0 aliphatic rings. The number of hydrogen-bond acceptors (Lipinski definition) is 9. The van der Waals surface area contributed by atoms with Gasteiger partial charge in [0.15, 0.2) is 0 Å². The number of urea groups is 1. The third kappa shape index (κ3) is 41.2. The lowest BCUT2D eigenvalue weighted by atomic mass is 10.0. The van der Waals surface area contributed by atoms with Gasteiger partial charge in [0, 0.05) is 44.5 Å². The molecule has 0 fully saturated rings. The minimum Gasteiger partial charge on any atom is -0.463 e. The van der Waals surface area contributed by atoms with Crippen LogP contribution in [0.1, 0.15) is 168 Å². The van der Waals surface area contributed by atoms with Crippen molar-refractivity contribution in [3.05, 3.63) is 73.3 Å². The Labute approximate surface area is 374 Å². The third-order valence-electron chi connectivity index (χ3n) is 9.91. The first kappa shape index (κ1) is 57.8. The Morgan fingerprint density at radius 3 is 1.24 bits per heavy atom. The summed E-state index contributed by atoms with van der Waals surface area (Å²) in [5.74, 6) is 1.86. The van der Waals surface area contributed by atoms with Gasteiger partial charge in [-0.25, -0.2) is 4.79 Å². The van der Waals surface area contributed by atoms with E-state index in [1.54, 1.807) is 0 Å². The number of esters is 2. The maximum atomic E-state index is 11.6. The molecule has 0 aliphatic heterocycles. The Morgan fingerprint density at radius 2 is 0.903 bits per heavy atom. The van der Waals surface area contributed by atoms with Crippen LogP contribution in [0, 0.1) is 12.3 Å². The Morgan fingerprint density at radius 1 is 0.565 bits per heavy atom. The number of carbonyl (C=O) groups is 3. The van der Waals surface area contributed by atoms with Gasteiger partial charge in [0.1, 0.15) is 13.2 Å². The van der Waals surface area contributed by atoms with E-state index in [9.17, 15) is 34.8 Å². The average molecular weight is 867 g/mol. The summed E-state index contributed by atoms with van der Waals surface area (Å²) >= 11 is 0. The summed E-state index contributed by atoms with van der Waals surface area (Å²) in [6.45, 7) is 6.28. The van der Waals surface area contributed by atoms with Crippen molar-refractivity contribution in [2.24, 2.45) is 0 Å². The maximum absolute atomic E-state index is 11.6. The monoisotopic (exact) mass is 867 g/mol. The van der Waals surface area contributed by atoms with E-state index in [2.05, 4.69) is 23.1 Å². The quantitative estimate of drug-likeness (QED) is 0.0177. The van der Waals surface area contributed by atoms with Crippen molar-refractivity contribution in [1.82, 2.24) is 0 Å². The molecule has 350 valence electrons. The van der Waals surface area contributed by atoms with E-state index in [1.807, 2.05) is 66.7 Å². The van der Waals surface area contributed by atoms with Crippen LogP contribution < -0.4 is 10.6 Å². The first-order chi connectivity index (χ1) is 30.0. The number of para-hydroxylation sites is 2. The predicted octanol–water partition coefficient (Wildman–Crippen LogP) is 11.1. The van der Waals surface area contributed by atoms with Gasteiger partial charge in [0.2, 0.25) is 0 Å². The number of aliphatic hydroxyl groups is 4. The second-order valence-corrected chi connectivity index (χ2v) is 16.0. The van der Waals surface area contributed by atoms with E-state index < -0.39 is 36.4 Å². The lowest BCUT2D eigenvalue weighted by molar-refractivity contribution is -0.145. The number of terminal acetylenes is 1. The third-order valence-corrected chi connectivity index (χ3v) is 9.91. The summed E-state index contributed by atoms with van der Waals surface area (Å²) in [5.41, 5.74) is 1.55. The van der Waals surface area contributed by atoms with Crippen molar-refractivity contribution in [1.29, 1.82) is 0 Å². The van der Waals surface area contributed by atoms with E-state index in [1.165, 1.54) is 97.3 Å². The molecule has 0 aliphatic carbocycles. The zero-order valence-corrected chi connectivity index (χ0v) is 38.2. The van der Waals surface area contributed by atoms with Gasteiger partial charge < -0.3 is 40.5 Å². The number of carbonyl (C=O) groups excluding carboxylic acids is 3. The minimum atomic E-state index is -0.775. The highest BCUT2D eigenvalue weighted by atomic mass is 16.5. The lowest BCUT2D eigenvalue weighted by Crippen LogP contribution is -2.23. The highest BCUT2D eigenvalue weighted by molar-refractivity contribution is 5.99. The fourth-order valence-electron chi connectivity index (χ4n) is 6.51. The van der Waals surface area contributed by atoms with Crippen LogP contribution in [0.3, 0.4) is 0 Å². The zero-order chi connectivity index (χ0) is 45.9. The highest BCUT2D eigenvalue weighted by Crippen LogP contribution is 2.16. The maximum Gasteiger partial charge on any atom is 0.323 e. The van der Waals surface area contributed by atoms with Gasteiger partial charge in [0.25, 0.3) is 0 Å². The molecule has 2 aromatic rings. The number of ether oxygens (including phenoxy) is 2.